The Morgan fingerprint density at radius 3 is 2.30 bits per heavy atom. The van der Waals surface area contributed by atoms with Crippen LogP contribution in [0.5, 0.6) is 0 Å². The Morgan fingerprint density at radius 2 is 2.00 bits per heavy atom. The summed E-state index contributed by atoms with van der Waals surface area (Å²) in [5, 5.41) is 0. The highest BCUT2D eigenvalue weighted by molar-refractivity contribution is 6.66. The first kappa shape index (κ1) is 9.55. The van der Waals surface area contributed by atoms with Crippen molar-refractivity contribution in [3.05, 3.63) is 12.1 Å². The monoisotopic (exact) mass is 153 g/mol. The van der Waals surface area contributed by atoms with Crippen molar-refractivity contribution in [3.63, 3.8) is 0 Å². The number of hydrogen-bond donors (Lipinski definition) is 0. The maximum atomic E-state index is 11.7. The van der Waals surface area contributed by atoms with Gasteiger partial charge in [0, 0.05) is 13.2 Å². The van der Waals surface area contributed by atoms with Gasteiger partial charge >= 0.3 is 6.98 Å². The summed E-state index contributed by atoms with van der Waals surface area (Å²) in [7, 11) is 0. The van der Waals surface area contributed by atoms with Crippen molar-refractivity contribution in [2.75, 3.05) is 13.2 Å². The van der Waals surface area contributed by atoms with Crippen LogP contribution in [0.4, 0.5) is 12.9 Å². The third kappa shape index (κ3) is 3.56. The molecule has 0 heterocycles. The minimum Gasteiger partial charge on any atom is -0.445 e. The molecule has 0 amide bonds. The van der Waals surface area contributed by atoms with Crippen molar-refractivity contribution in [2.24, 2.45) is 0 Å². The number of hydrogen-bond acceptors (Lipinski definition) is 1. The Hall–Kier alpha value is -0.445. The lowest BCUT2D eigenvalue weighted by Crippen LogP contribution is -2.22. The fraction of sp³-hybridized carbons (Fsp3) is 0.600. The van der Waals surface area contributed by atoms with E-state index in [9.17, 15) is 12.9 Å². The summed E-state index contributed by atoms with van der Waals surface area (Å²) in [6.45, 7) is -0.542. The smallest absolute Gasteiger partial charge is 0.445 e. The van der Waals surface area contributed by atoms with Gasteiger partial charge in [0.2, 0.25) is 0 Å². The SMILES string of the molecule is C=C(COCC)[B-](F)(F)F. The van der Waals surface area contributed by atoms with Crippen molar-refractivity contribution in [1.82, 2.24) is 0 Å². The predicted molar refractivity (Wildman–Crippen MR) is 34.7 cm³/mol. The van der Waals surface area contributed by atoms with Gasteiger partial charge in [0.05, 0.1) is 0 Å². The van der Waals surface area contributed by atoms with Crippen molar-refractivity contribution in [2.45, 2.75) is 6.92 Å². The van der Waals surface area contributed by atoms with Gasteiger partial charge in [-0.05, 0) is 6.92 Å². The first-order chi connectivity index (χ1) is 4.48. The summed E-state index contributed by atoms with van der Waals surface area (Å²) >= 11 is 0. The van der Waals surface area contributed by atoms with E-state index in [0.29, 0.717) is 0 Å². The Labute approximate surface area is 57.9 Å². The topological polar surface area (TPSA) is 9.23 Å². The van der Waals surface area contributed by atoms with E-state index in [1.54, 1.807) is 6.92 Å². The van der Waals surface area contributed by atoms with E-state index in [-0.39, 0.29) is 6.61 Å². The molecule has 0 fully saturated rings. The van der Waals surface area contributed by atoms with Crippen LogP contribution in [-0.4, -0.2) is 20.2 Å². The van der Waals surface area contributed by atoms with Gasteiger partial charge in [-0.1, -0.05) is 0 Å². The average molecular weight is 153 g/mol. The molecule has 0 aromatic heterocycles. The lowest BCUT2D eigenvalue weighted by Gasteiger charge is -2.16. The standard InChI is InChI=1S/C5H9BF3O/c1-3-10-4-5(2)6(7,8)9/h2-4H2,1H3/q-1. The van der Waals surface area contributed by atoms with Gasteiger partial charge in [0.25, 0.3) is 0 Å². The molecule has 0 rings (SSSR count). The highest BCUT2D eigenvalue weighted by Crippen LogP contribution is 2.17. The van der Waals surface area contributed by atoms with E-state index < -0.39 is 19.1 Å². The third-order valence-corrected chi connectivity index (χ3v) is 0.954. The molecule has 0 atom stereocenters. The molecule has 0 spiro atoms. The molecule has 0 N–H and O–H groups in total. The Morgan fingerprint density at radius 1 is 1.50 bits per heavy atom. The van der Waals surface area contributed by atoms with E-state index in [1.165, 1.54) is 0 Å². The van der Waals surface area contributed by atoms with E-state index in [0.717, 1.165) is 0 Å². The Bertz CT molecular complexity index is 121. The zero-order valence-corrected chi connectivity index (χ0v) is 5.74. The van der Waals surface area contributed by atoms with Crippen LogP contribution in [-0.2, 0) is 4.74 Å². The molecule has 0 bridgehead atoms. The molecule has 0 aromatic carbocycles. The first-order valence-corrected chi connectivity index (χ1v) is 2.93. The van der Waals surface area contributed by atoms with Gasteiger partial charge in [0.1, 0.15) is 0 Å². The van der Waals surface area contributed by atoms with E-state index >= 15 is 0 Å². The Balaban J connectivity index is 3.64. The second kappa shape index (κ2) is 3.66. The van der Waals surface area contributed by atoms with Gasteiger partial charge in [-0.15, -0.1) is 12.1 Å². The molecule has 0 aromatic rings. The molecule has 5 heteroatoms. The van der Waals surface area contributed by atoms with Crippen molar-refractivity contribution in [1.29, 1.82) is 0 Å². The number of ether oxygens (including phenoxy) is 1. The zero-order chi connectivity index (χ0) is 8.20. The molecule has 0 aliphatic heterocycles. The molecule has 0 saturated carbocycles. The van der Waals surface area contributed by atoms with Crippen molar-refractivity contribution >= 4 is 6.98 Å². The van der Waals surface area contributed by atoms with Gasteiger partial charge in [-0.2, -0.15) is 0 Å². The maximum Gasteiger partial charge on any atom is 0.507 e. The van der Waals surface area contributed by atoms with Crippen LogP contribution in [0.1, 0.15) is 6.92 Å². The molecule has 0 radical (unpaired) electrons. The average Bonchev–Trinajstić information content (AvgIpc) is 1.80. The molecule has 0 unspecified atom stereocenters. The number of halogens is 3. The van der Waals surface area contributed by atoms with Crippen LogP contribution in [0.3, 0.4) is 0 Å². The van der Waals surface area contributed by atoms with Gasteiger partial charge in [-0.25, -0.2) is 0 Å². The lowest BCUT2D eigenvalue weighted by atomic mass is 9.81. The second-order valence-corrected chi connectivity index (χ2v) is 1.87. The second-order valence-electron chi connectivity index (χ2n) is 1.87. The maximum absolute atomic E-state index is 11.7. The summed E-state index contributed by atoms with van der Waals surface area (Å²) in [5.41, 5.74) is -0.776. The summed E-state index contributed by atoms with van der Waals surface area (Å²) < 4.78 is 39.5. The minimum absolute atomic E-state index is 0.283. The molecule has 0 aliphatic rings. The normalized spacial score (nSPS) is 11.6. The van der Waals surface area contributed by atoms with Crippen LogP contribution in [0.15, 0.2) is 12.1 Å². The number of rotatable bonds is 4. The Kier molecular flexibility index (Phi) is 3.49. The molecule has 60 valence electrons. The summed E-state index contributed by atoms with van der Waals surface area (Å²) in [6.07, 6.45) is 0. The lowest BCUT2D eigenvalue weighted by molar-refractivity contribution is 0.171. The zero-order valence-electron chi connectivity index (χ0n) is 5.74. The molecule has 0 aliphatic carbocycles. The van der Waals surface area contributed by atoms with Gasteiger partial charge in [-0.3, -0.25) is 0 Å². The summed E-state index contributed by atoms with van der Waals surface area (Å²) in [5.74, 6) is 0. The summed E-state index contributed by atoms with van der Waals surface area (Å²) in [4.78, 5) is 0. The highest BCUT2D eigenvalue weighted by Gasteiger charge is 2.26. The van der Waals surface area contributed by atoms with Crippen LogP contribution < -0.4 is 0 Å². The van der Waals surface area contributed by atoms with Crippen LogP contribution in [0.25, 0.3) is 0 Å². The van der Waals surface area contributed by atoms with E-state index in [4.69, 9.17) is 0 Å². The summed E-state index contributed by atoms with van der Waals surface area (Å²) in [6, 6.07) is 0. The first-order valence-electron chi connectivity index (χ1n) is 2.93. The highest BCUT2D eigenvalue weighted by atomic mass is 19.4. The fourth-order valence-electron chi connectivity index (χ4n) is 0.328. The minimum atomic E-state index is -4.90. The largest absolute Gasteiger partial charge is 0.507 e. The molecular weight excluding hydrogens is 144 g/mol. The van der Waals surface area contributed by atoms with E-state index in [2.05, 4.69) is 11.3 Å². The molecule has 0 saturated heterocycles. The van der Waals surface area contributed by atoms with Crippen molar-refractivity contribution < 1.29 is 17.7 Å². The predicted octanol–water partition coefficient (Wildman–Crippen LogP) is 1.97. The van der Waals surface area contributed by atoms with Gasteiger partial charge in [0.15, 0.2) is 0 Å². The quantitative estimate of drug-likeness (QED) is 0.561. The third-order valence-electron chi connectivity index (χ3n) is 0.954. The van der Waals surface area contributed by atoms with Gasteiger partial charge < -0.3 is 17.7 Å². The molecule has 1 nitrogen and oxygen atoms in total. The van der Waals surface area contributed by atoms with Crippen molar-refractivity contribution in [3.8, 4) is 0 Å². The van der Waals surface area contributed by atoms with Crippen LogP contribution in [0.2, 0.25) is 0 Å². The van der Waals surface area contributed by atoms with E-state index in [1.807, 2.05) is 0 Å². The van der Waals surface area contributed by atoms with Crippen LogP contribution in [0, 0.1) is 0 Å². The molecule has 10 heavy (non-hydrogen) atoms. The van der Waals surface area contributed by atoms with Crippen LogP contribution >= 0.6 is 0 Å². The molecular formula is C5H9BF3O-. The fourth-order valence-corrected chi connectivity index (χ4v) is 0.328.